The molecule has 1 rings (SSSR count). The van der Waals surface area contributed by atoms with Gasteiger partial charge in [-0.25, -0.2) is 4.98 Å². The Balaban J connectivity index is 3.01. The van der Waals surface area contributed by atoms with Crippen LogP contribution in [0, 0.1) is 0 Å². The number of pyridine rings is 1. The highest BCUT2D eigenvalue weighted by Crippen LogP contribution is 1.98. The van der Waals surface area contributed by atoms with Gasteiger partial charge in [0.25, 0.3) is 5.91 Å². The van der Waals surface area contributed by atoms with Crippen molar-refractivity contribution in [3.63, 3.8) is 0 Å². The molecule has 3 heteroatoms. The molecule has 1 amide bonds. The van der Waals surface area contributed by atoms with Crippen molar-refractivity contribution in [2.24, 2.45) is 5.73 Å². The number of primary amides is 1. The highest BCUT2D eigenvalue weighted by Gasteiger charge is 2.00. The molecule has 11 heavy (non-hydrogen) atoms. The van der Waals surface area contributed by atoms with Gasteiger partial charge in [0.05, 0.1) is 0 Å². The van der Waals surface area contributed by atoms with E-state index >= 15 is 0 Å². The zero-order chi connectivity index (χ0) is 8.27. The van der Waals surface area contributed by atoms with Crippen LogP contribution in [0.5, 0.6) is 0 Å². The number of nitrogens with two attached hydrogens (primary N) is 1. The van der Waals surface area contributed by atoms with Gasteiger partial charge in [0, 0.05) is 5.69 Å². The van der Waals surface area contributed by atoms with E-state index in [-0.39, 0.29) is 0 Å². The Morgan fingerprint density at radius 2 is 2.36 bits per heavy atom. The molecule has 0 spiro atoms. The zero-order valence-corrected chi connectivity index (χ0v) is 6.37. The van der Waals surface area contributed by atoms with Crippen molar-refractivity contribution >= 4 is 5.91 Å². The van der Waals surface area contributed by atoms with E-state index < -0.39 is 5.91 Å². The number of hydrogen-bond acceptors (Lipinski definition) is 2. The van der Waals surface area contributed by atoms with Crippen LogP contribution in [0.4, 0.5) is 0 Å². The zero-order valence-electron chi connectivity index (χ0n) is 6.37. The van der Waals surface area contributed by atoms with Crippen molar-refractivity contribution in [2.45, 2.75) is 13.3 Å². The summed E-state index contributed by atoms with van der Waals surface area (Å²) in [5.41, 5.74) is 6.26. The number of carbonyl (C=O) groups is 1. The second kappa shape index (κ2) is 3.14. The molecular weight excluding hydrogens is 140 g/mol. The minimum absolute atomic E-state index is 0.337. The SMILES string of the molecule is CCc1cccc(C(N)=O)n1. The Morgan fingerprint density at radius 1 is 1.64 bits per heavy atom. The summed E-state index contributed by atoms with van der Waals surface area (Å²) in [5.74, 6) is -0.472. The lowest BCUT2D eigenvalue weighted by Crippen LogP contribution is -2.13. The molecule has 0 bridgehead atoms. The van der Waals surface area contributed by atoms with Crippen LogP contribution in [-0.4, -0.2) is 10.9 Å². The lowest BCUT2D eigenvalue weighted by molar-refractivity contribution is 0.0995. The molecule has 1 aromatic heterocycles. The lowest BCUT2D eigenvalue weighted by atomic mass is 10.2. The molecule has 0 saturated heterocycles. The summed E-state index contributed by atoms with van der Waals surface area (Å²) in [7, 11) is 0. The van der Waals surface area contributed by atoms with Gasteiger partial charge < -0.3 is 5.73 Å². The van der Waals surface area contributed by atoms with Crippen molar-refractivity contribution in [2.75, 3.05) is 0 Å². The average Bonchev–Trinajstić information content (AvgIpc) is 2.05. The molecule has 0 fully saturated rings. The fraction of sp³-hybridized carbons (Fsp3) is 0.250. The Hall–Kier alpha value is -1.38. The van der Waals surface area contributed by atoms with Gasteiger partial charge in [-0.1, -0.05) is 13.0 Å². The summed E-state index contributed by atoms with van der Waals surface area (Å²) in [6.45, 7) is 1.98. The number of amides is 1. The Bertz CT molecular complexity index is 271. The molecule has 3 nitrogen and oxygen atoms in total. The van der Waals surface area contributed by atoms with Gasteiger partial charge in [0.15, 0.2) is 0 Å². The Morgan fingerprint density at radius 3 is 2.91 bits per heavy atom. The van der Waals surface area contributed by atoms with E-state index in [2.05, 4.69) is 4.98 Å². The maximum Gasteiger partial charge on any atom is 0.267 e. The molecule has 0 aliphatic carbocycles. The summed E-state index contributed by atoms with van der Waals surface area (Å²) in [5, 5.41) is 0. The minimum Gasteiger partial charge on any atom is -0.364 e. The first-order chi connectivity index (χ1) is 5.24. The van der Waals surface area contributed by atoms with Crippen LogP contribution in [0.15, 0.2) is 18.2 Å². The molecule has 2 N–H and O–H groups in total. The van der Waals surface area contributed by atoms with Gasteiger partial charge in [-0.3, -0.25) is 4.79 Å². The molecule has 1 aromatic rings. The van der Waals surface area contributed by atoms with E-state index in [4.69, 9.17) is 5.73 Å². The summed E-state index contributed by atoms with van der Waals surface area (Å²) in [6, 6.07) is 5.26. The molecule has 0 aromatic carbocycles. The fourth-order valence-electron chi connectivity index (χ4n) is 0.814. The smallest absolute Gasteiger partial charge is 0.267 e. The largest absolute Gasteiger partial charge is 0.364 e. The first-order valence-corrected chi connectivity index (χ1v) is 3.49. The van der Waals surface area contributed by atoms with Crippen LogP contribution in [-0.2, 0) is 6.42 Å². The van der Waals surface area contributed by atoms with Crippen LogP contribution in [0.25, 0.3) is 0 Å². The van der Waals surface area contributed by atoms with Crippen molar-refractivity contribution in [3.05, 3.63) is 29.6 Å². The van der Waals surface area contributed by atoms with Crippen LogP contribution in [0.2, 0.25) is 0 Å². The van der Waals surface area contributed by atoms with Crippen LogP contribution < -0.4 is 5.73 Å². The highest BCUT2D eigenvalue weighted by atomic mass is 16.1. The topological polar surface area (TPSA) is 56.0 Å². The molecule has 58 valence electrons. The standard InChI is InChI=1S/C8H10N2O/c1-2-6-4-3-5-7(10-6)8(9)11/h3-5H,2H2,1H3,(H2,9,11). The van der Waals surface area contributed by atoms with E-state index in [1.165, 1.54) is 0 Å². The predicted octanol–water partition coefficient (Wildman–Crippen LogP) is 0.743. The predicted molar refractivity (Wildman–Crippen MR) is 42.1 cm³/mol. The molecule has 1 heterocycles. The summed E-state index contributed by atoms with van der Waals surface area (Å²) < 4.78 is 0. The van der Waals surface area contributed by atoms with Gasteiger partial charge in [0.1, 0.15) is 5.69 Å². The third kappa shape index (κ3) is 1.77. The molecule has 0 aliphatic rings. The third-order valence-corrected chi connectivity index (χ3v) is 1.42. The number of aromatic nitrogens is 1. The normalized spacial score (nSPS) is 9.55. The van der Waals surface area contributed by atoms with E-state index in [9.17, 15) is 4.79 Å². The lowest BCUT2D eigenvalue weighted by Gasteiger charge is -1.96. The quantitative estimate of drug-likeness (QED) is 0.676. The van der Waals surface area contributed by atoms with Crippen molar-refractivity contribution in [3.8, 4) is 0 Å². The Kier molecular flexibility index (Phi) is 2.21. The summed E-state index contributed by atoms with van der Waals surface area (Å²) in [6.07, 6.45) is 0.821. The van der Waals surface area contributed by atoms with Gasteiger partial charge in [0.2, 0.25) is 0 Å². The van der Waals surface area contributed by atoms with Crippen molar-refractivity contribution in [1.82, 2.24) is 4.98 Å². The number of hydrogen-bond donors (Lipinski definition) is 1. The van der Waals surface area contributed by atoms with Crippen molar-refractivity contribution in [1.29, 1.82) is 0 Å². The van der Waals surface area contributed by atoms with E-state index in [0.29, 0.717) is 5.69 Å². The van der Waals surface area contributed by atoms with Gasteiger partial charge in [-0.05, 0) is 18.6 Å². The van der Waals surface area contributed by atoms with Gasteiger partial charge in [-0.2, -0.15) is 0 Å². The van der Waals surface area contributed by atoms with E-state index in [1.807, 2.05) is 13.0 Å². The summed E-state index contributed by atoms with van der Waals surface area (Å²) in [4.78, 5) is 14.6. The molecule has 0 saturated carbocycles. The van der Waals surface area contributed by atoms with E-state index in [1.54, 1.807) is 12.1 Å². The summed E-state index contributed by atoms with van der Waals surface area (Å²) >= 11 is 0. The first-order valence-electron chi connectivity index (χ1n) is 3.49. The molecule has 0 unspecified atom stereocenters. The fourth-order valence-corrected chi connectivity index (χ4v) is 0.814. The second-order valence-corrected chi connectivity index (χ2v) is 2.23. The number of rotatable bonds is 2. The molecule has 0 atom stereocenters. The average molecular weight is 150 g/mol. The van der Waals surface area contributed by atoms with E-state index in [0.717, 1.165) is 12.1 Å². The molecule has 0 aliphatic heterocycles. The highest BCUT2D eigenvalue weighted by molar-refractivity contribution is 5.90. The molecular formula is C8H10N2O. The van der Waals surface area contributed by atoms with Crippen LogP contribution >= 0.6 is 0 Å². The van der Waals surface area contributed by atoms with Gasteiger partial charge in [-0.15, -0.1) is 0 Å². The van der Waals surface area contributed by atoms with Crippen LogP contribution in [0.3, 0.4) is 0 Å². The second-order valence-electron chi connectivity index (χ2n) is 2.23. The Labute approximate surface area is 65.2 Å². The van der Waals surface area contributed by atoms with Crippen LogP contribution in [0.1, 0.15) is 23.1 Å². The number of nitrogens with zero attached hydrogens (tertiary/aromatic N) is 1. The first kappa shape index (κ1) is 7.72. The minimum atomic E-state index is -0.472. The third-order valence-electron chi connectivity index (χ3n) is 1.42. The molecule has 0 radical (unpaired) electrons. The van der Waals surface area contributed by atoms with Crippen molar-refractivity contribution < 1.29 is 4.79 Å². The monoisotopic (exact) mass is 150 g/mol. The maximum atomic E-state index is 10.6. The number of aryl methyl sites for hydroxylation is 1. The number of carbonyl (C=O) groups excluding carboxylic acids is 1. The maximum absolute atomic E-state index is 10.6. The van der Waals surface area contributed by atoms with Gasteiger partial charge >= 0.3 is 0 Å².